The summed E-state index contributed by atoms with van der Waals surface area (Å²) in [4.78, 5) is 39.0. The number of carbonyl (C=O) groups excluding carboxylic acids is 3. The number of fused-ring (bicyclic) bond motifs is 2. The second-order valence-corrected chi connectivity index (χ2v) is 7.73. The van der Waals surface area contributed by atoms with Gasteiger partial charge in [0, 0.05) is 33.5 Å². The van der Waals surface area contributed by atoms with Crippen molar-refractivity contribution in [2.24, 2.45) is 0 Å². The van der Waals surface area contributed by atoms with Gasteiger partial charge < -0.3 is 5.32 Å². The SMILES string of the molecule is O=C(Cn1nnc(-c2cccc(C(F)(F)F)c2)n1)Nc1ccc2c(c1)C(=O)c1ccccc1C2=O. The maximum Gasteiger partial charge on any atom is 0.416 e. The number of amides is 1. The highest BCUT2D eigenvalue weighted by molar-refractivity contribution is 6.28. The van der Waals surface area contributed by atoms with E-state index < -0.39 is 17.6 Å². The van der Waals surface area contributed by atoms with Crippen LogP contribution in [0.25, 0.3) is 11.4 Å². The number of tetrazole rings is 1. The monoisotopic (exact) mass is 477 g/mol. The number of ketones is 2. The molecule has 1 aromatic heterocycles. The van der Waals surface area contributed by atoms with Crippen molar-refractivity contribution in [1.29, 1.82) is 0 Å². The average Bonchev–Trinajstić information content (AvgIpc) is 3.30. The van der Waals surface area contributed by atoms with Gasteiger partial charge in [-0.05, 0) is 35.5 Å². The van der Waals surface area contributed by atoms with E-state index in [1.54, 1.807) is 24.3 Å². The summed E-state index contributed by atoms with van der Waals surface area (Å²) in [6.45, 7) is -0.376. The second kappa shape index (κ2) is 8.28. The van der Waals surface area contributed by atoms with Crippen LogP contribution in [0.5, 0.6) is 0 Å². The van der Waals surface area contributed by atoms with Crippen LogP contribution in [0.15, 0.2) is 66.7 Å². The van der Waals surface area contributed by atoms with Crippen LogP contribution in [0.1, 0.15) is 37.4 Å². The number of benzene rings is 3. The quantitative estimate of drug-likeness (QED) is 0.422. The van der Waals surface area contributed by atoms with Crippen LogP contribution in [0.4, 0.5) is 18.9 Å². The zero-order valence-electron chi connectivity index (χ0n) is 17.7. The number of aromatic nitrogens is 4. The highest BCUT2D eigenvalue weighted by atomic mass is 19.4. The Balaban J connectivity index is 1.31. The molecule has 8 nitrogen and oxygen atoms in total. The van der Waals surface area contributed by atoms with E-state index in [1.165, 1.54) is 30.3 Å². The standard InChI is InChI=1S/C24H14F3N5O3/c25-24(26,27)14-5-3-4-13(10-14)23-29-31-32(30-23)12-20(33)28-15-8-9-18-19(11-15)22(35)17-7-2-1-6-16(17)21(18)34/h1-11H,12H2,(H,28,33). The predicted octanol–water partition coefficient (Wildman–Crippen LogP) is 3.77. The number of nitrogens with zero attached hydrogens (tertiary/aromatic N) is 4. The van der Waals surface area contributed by atoms with Crippen LogP contribution in [0.2, 0.25) is 0 Å². The minimum absolute atomic E-state index is 0.0690. The fourth-order valence-electron chi connectivity index (χ4n) is 3.77. The van der Waals surface area contributed by atoms with Gasteiger partial charge in [0.05, 0.1) is 5.56 Å². The van der Waals surface area contributed by atoms with Crippen LogP contribution < -0.4 is 5.32 Å². The molecule has 0 bridgehead atoms. The Morgan fingerprint density at radius 3 is 2.26 bits per heavy atom. The molecule has 1 aliphatic carbocycles. The van der Waals surface area contributed by atoms with Gasteiger partial charge in [-0.2, -0.15) is 18.0 Å². The lowest BCUT2D eigenvalue weighted by molar-refractivity contribution is -0.137. The molecule has 0 atom stereocenters. The lowest BCUT2D eigenvalue weighted by atomic mass is 9.84. The van der Waals surface area contributed by atoms with Gasteiger partial charge in [-0.25, -0.2) is 0 Å². The molecule has 0 radical (unpaired) electrons. The van der Waals surface area contributed by atoms with Crippen molar-refractivity contribution >= 4 is 23.2 Å². The summed E-state index contributed by atoms with van der Waals surface area (Å²) < 4.78 is 38.8. The number of halogens is 3. The summed E-state index contributed by atoms with van der Waals surface area (Å²) >= 11 is 0. The molecule has 0 aliphatic heterocycles. The second-order valence-electron chi connectivity index (χ2n) is 7.73. The molecule has 3 aromatic carbocycles. The topological polar surface area (TPSA) is 107 Å². The van der Waals surface area contributed by atoms with Crippen LogP contribution >= 0.6 is 0 Å². The zero-order valence-corrected chi connectivity index (χ0v) is 17.7. The van der Waals surface area contributed by atoms with Crippen LogP contribution in [0, 0.1) is 0 Å². The molecule has 1 aliphatic rings. The molecule has 0 fully saturated rings. The number of alkyl halides is 3. The Kier molecular flexibility index (Phi) is 5.24. The van der Waals surface area contributed by atoms with E-state index in [0.717, 1.165) is 16.9 Å². The van der Waals surface area contributed by atoms with Crippen molar-refractivity contribution in [3.63, 3.8) is 0 Å². The summed E-state index contributed by atoms with van der Waals surface area (Å²) in [6.07, 6.45) is -4.52. The van der Waals surface area contributed by atoms with E-state index in [-0.39, 0.29) is 46.3 Å². The lowest BCUT2D eigenvalue weighted by Gasteiger charge is -2.18. The Morgan fingerprint density at radius 2 is 1.54 bits per heavy atom. The predicted molar refractivity (Wildman–Crippen MR) is 117 cm³/mol. The van der Waals surface area contributed by atoms with Crippen molar-refractivity contribution in [1.82, 2.24) is 20.2 Å². The normalized spacial score (nSPS) is 12.8. The minimum atomic E-state index is -4.52. The number of anilines is 1. The molecular weight excluding hydrogens is 463 g/mol. The van der Waals surface area contributed by atoms with E-state index in [1.807, 2.05) is 0 Å². The molecule has 0 saturated carbocycles. The molecule has 4 aromatic rings. The molecular formula is C24H14F3N5O3. The average molecular weight is 477 g/mol. The summed E-state index contributed by atoms with van der Waals surface area (Å²) in [6, 6.07) is 15.4. The molecule has 0 spiro atoms. The van der Waals surface area contributed by atoms with Crippen LogP contribution in [-0.4, -0.2) is 37.7 Å². The number of hydrogen-bond donors (Lipinski definition) is 1. The molecule has 1 N–H and O–H groups in total. The Hall–Kier alpha value is -4.67. The number of rotatable bonds is 4. The molecule has 1 amide bonds. The van der Waals surface area contributed by atoms with E-state index in [4.69, 9.17) is 0 Å². The number of nitrogens with one attached hydrogen (secondary N) is 1. The van der Waals surface area contributed by atoms with E-state index in [0.29, 0.717) is 11.1 Å². The van der Waals surface area contributed by atoms with Gasteiger partial charge in [-0.1, -0.05) is 36.4 Å². The lowest BCUT2D eigenvalue weighted by Crippen LogP contribution is -2.23. The number of hydrogen-bond acceptors (Lipinski definition) is 6. The highest BCUT2D eigenvalue weighted by Crippen LogP contribution is 2.31. The first kappa shape index (κ1) is 22.1. The molecule has 0 unspecified atom stereocenters. The first-order valence-electron chi connectivity index (χ1n) is 10.3. The highest BCUT2D eigenvalue weighted by Gasteiger charge is 2.31. The first-order chi connectivity index (χ1) is 16.7. The van der Waals surface area contributed by atoms with E-state index in [9.17, 15) is 27.6 Å². The van der Waals surface area contributed by atoms with Crippen LogP contribution in [-0.2, 0) is 17.5 Å². The van der Waals surface area contributed by atoms with Gasteiger partial charge in [0.1, 0.15) is 6.54 Å². The van der Waals surface area contributed by atoms with Crippen molar-refractivity contribution in [2.45, 2.75) is 12.7 Å². The van der Waals surface area contributed by atoms with E-state index >= 15 is 0 Å². The van der Waals surface area contributed by atoms with Gasteiger partial charge in [-0.3, -0.25) is 14.4 Å². The van der Waals surface area contributed by atoms with E-state index in [2.05, 4.69) is 20.7 Å². The zero-order chi connectivity index (χ0) is 24.7. The van der Waals surface area contributed by atoms with Crippen LogP contribution in [0.3, 0.4) is 0 Å². The third kappa shape index (κ3) is 4.19. The molecule has 1 heterocycles. The van der Waals surface area contributed by atoms with Crippen molar-refractivity contribution in [3.8, 4) is 11.4 Å². The van der Waals surface area contributed by atoms with Crippen molar-refractivity contribution < 1.29 is 27.6 Å². The first-order valence-corrected chi connectivity index (χ1v) is 10.3. The smallest absolute Gasteiger partial charge is 0.324 e. The molecule has 0 saturated heterocycles. The maximum absolute atomic E-state index is 12.9. The molecule has 174 valence electrons. The van der Waals surface area contributed by atoms with Gasteiger partial charge >= 0.3 is 6.18 Å². The molecule has 11 heteroatoms. The van der Waals surface area contributed by atoms with Gasteiger partial charge in [0.2, 0.25) is 11.7 Å². The summed E-state index contributed by atoms with van der Waals surface area (Å²) in [7, 11) is 0. The van der Waals surface area contributed by atoms with Gasteiger partial charge in [0.25, 0.3) is 0 Å². The minimum Gasteiger partial charge on any atom is -0.324 e. The molecule has 5 rings (SSSR count). The fourth-order valence-corrected chi connectivity index (χ4v) is 3.77. The van der Waals surface area contributed by atoms with Gasteiger partial charge in [0.15, 0.2) is 11.6 Å². The third-order valence-corrected chi connectivity index (χ3v) is 5.39. The van der Waals surface area contributed by atoms with Crippen molar-refractivity contribution in [3.05, 3.63) is 94.5 Å². The summed E-state index contributed by atoms with van der Waals surface area (Å²) in [5.41, 5.74) is 0.579. The Labute approximate surface area is 195 Å². The van der Waals surface area contributed by atoms with Gasteiger partial charge in [-0.15, -0.1) is 10.2 Å². The third-order valence-electron chi connectivity index (χ3n) is 5.39. The fraction of sp³-hybridized carbons (Fsp3) is 0.0833. The number of carbonyl (C=O) groups is 3. The Bertz CT molecular complexity index is 1510. The summed E-state index contributed by atoms with van der Waals surface area (Å²) in [5.74, 6) is -1.23. The Morgan fingerprint density at radius 1 is 0.857 bits per heavy atom. The van der Waals surface area contributed by atoms with Crippen molar-refractivity contribution in [2.75, 3.05) is 5.32 Å². The largest absolute Gasteiger partial charge is 0.416 e. The summed E-state index contributed by atoms with van der Waals surface area (Å²) in [5, 5.41) is 14.0. The molecule has 35 heavy (non-hydrogen) atoms. The maximum atomic E-state index is 12.9.